The molecule has 0 N–H and O–H groups in total. The van der Waals surface area contributed by atoms with Crippen LogP contribution in [0.25, 0.3) is 10.9 Å². The molecule has 0 fully saturated rings. The zero-order chi connectivity index (χ0) is 20.8. The van der Waals surface area contributed by atoms with Crippen LogP contribution in [0.15, 0.2) is 66.2 Å². The van der Waals surface area contributed by atoms with Crippen LogP contribution in [0.3, 0.4) is 0 Å². The highest BCUT2D eigenvalue weighted by molar-refractivity contribution is 6.16. The van der Waals surface area contributed by atoms with Crippen LogP contribution in [0.5, 0.6) is 0 Å². The lowest BCUT2D eigenvalue weighted by Gasteiger charge is -2.44. The Morgan fingerprint density at radius 2 is 1.83 bits per heavy atom. The fourth-order valence-corrected chi connectivity index (χ4v) is 5.01. The molecule has 5 rings (SSSR count). The molecule has 3 heterocycles. The first kappa shape index (κ1) is 18.8. The molecule has 5 nitrogen and oxygen atoms in total. The molecule has 0 saturated heterocycles. The lowest BCUT2D eigenvalue weighted by Crippen LogP contribution is -2.52. The number of Topliss-reactive ketones (excluding diaryl/α,β-unsaturated/α-hetero) is 1. The second-order valence-electron chi connectivity index (χ2n) is 7.89. The first-order valence-electron chi connectivity index (χ1n) is 10.4. The SMILES string of the molecule is CCOC(=O)C1=CC[C@H]2c3c(c4ccccc4n3C)C(=O)C1N2Cc1ccccc1. The fraction of sp³-hybridized carbons (Fsp3) is 0.280. The van der Waals surface area contributed by atoms with Crippen LogP contribution in [-0.4, -0.2) is 33.9 Å². The molecule has 1 aromatic heterocycles. The Morgan fingerprint density at radius 3 is 2.60 bits per heavy atom. The largest absolute Gasteiger partial charge is 0.463 e. The van der Waals surface area contributed by atoms with Crippen molar-refractivity contribution in [3.05, 3.63) is 83.1 Å². The van der Waals surface area contributed by atoms with Gasteiger partial charge in [-0.2, -0.15) is 0 Å². The van der Waals surface area contributed by atoms with Crippen molar-refractivity contribution in [2.45, 2.75) is 32.0 Å². The van der Waals surface area contributed by atoms with Crippen molar-refractivity contribution in [3.8, 4) is 0 Å². The van der Waals surface area contributed by atoms with Crippen molar-refractivity contribution in [1.29, 1.82) is 0 Å². The Kier molecular flexibility index (Phi) is 4.55. The van der Waals surface area contributed by atoms with Crippen LogP contribution in [0, 0.1) is 0 Å². The maximum atomic E-state index is 13.9. The number of fused-ring (bicyclic) bond motifs is 6. The molecule has 2 bridgehead atoms. The molecule has 0 aliphatic carbocycles. The van der Waals surface area contributed by atoms with E-state index in [-0.39, 0.29) is 11.8 Å². The van der Waals surface area contributed by atoms with E-state index in [0.29, 0.717) is 25.1 Å². The van der Waals surface area contributed by atoms with Gasteiger partial charge in [-0.05, 0) is 25.0 Å². The predicted molar refractivity (Wildman–Crippen MR) is 115 cm³/mol. The normalized spacial score (nSPS) is 20.7. The van der Waals surface area contributed by atoms with Crippen molar-refractivity contribution in [1.82, 2.24) is 9.47 Å². The van der Waals surface area contributed by atoms with E-state index in [0.717, 1.165) is 27.7 Å². The van der Waals surface area contributed by atoms with Gasteiger partial charge in [0.1, 0.15) is 6.04 Å². The number of aryl methyl sites for hydroxylation is 1. The predicted octanol–water partition coefficient (Wildman–Crippen LogP) is 4.18. The molecule has 2 aromatic carbocycles. The molecule has 0 saturated carbocycles. The van der Waals surface area contributed by atoms with Crippen molar-refractivity contribution < 1.29 is 14.3 Å². The van der Waals surface area contributed by atoms with Gasteiger partial charge in [0.15, 0.2) is 5.78 Å². The van der Waals surface area contributed by atoms with Gasteiger partial charge in [0, 0.05) is 30.2 Å². The lowest BCUT2D eigenvalue weighted by molar-refractivity contribution is -0.139. The number of nitrogens with zero attached hydrogens (tertiary/aromatic N) is 2. The summed E-state index contributed by atoms with van der Waals surface area (Å²) in [5.41, 5.74) is 4.41. The van der Waals surface area contributed by atoms with Gasteiger partial charge in [-0.25, -0.2) is 4.79 Å². The Bertz CT molecular complexity index is 1180. The van der Waals surface area contributed by atoms with E-state index in [9.17, 15) is 9.59 Å². The van der Waals surface area contributed by atoms with Gasteiger partial charge in [-0.1, -0.05) is 54.6 Å². The van der Waals surface area contributed by atoms with Gasteiger partial charge in [-0.3, -0.25) is 9.69 Å². The number of para-hydroxylation sites is 1. The number of ketones is 1. The zero-order valence-electron chi connectivity index (χ0n) is 17.2. The smallest absolute Gasteiger partial charge is 0.335 e. The Morgan fingerprint density at radius 1 is 1.10 bits per heavy atom. The third kappa shape index (κ3) is 2.73. The van der Waals surface area contributed by atoms with Crippen molar-refractivity contribution >= 4 is 22.7 Å². The van der Waals surface area contributed by atoms with Gasteiger partial charge in [-0.15, -0.1) is 0 Å². The summed E-state index contributed by atoms with van der Waals surface area (Å²) in [4.78, 5) is 28.8. The first-order chi connectivity index (χ1) is 14.6. The summed E-state index contributed by atoms with van der Waals surface area (Å²) >= 11 is 0. The highest BCUT2D eigenvalue weighted by Crippen LogP contribution is 2.45. The van der Waals surface area contributed by atoms with E-state index in [1.165, 1.54) is 0 Å². The molecule has 0 radical (unpaired) electrons. The average molecular weight is 400 g/mol. The number of carbonyl (C=O) groups is 2. The van der Waals surface area contributed by atoms with Gasteiger partial charge >= 0.3 is 5.97 Å². The second-order valence-corrected chi connectivity index (χ2v) is 7.89. The summed E-state index contributed by atoms with van der Waals surface area (Å²) in [5, 5.41) is 0.958. The monoisotopic (exact) mass is 400 g/mol. The van der Waals surface area contributed by atoms with E-state index < -0.39 is 12.0 Å². The molecule has 152 valence electrons. The van der Waals surface area contributed by atoms with Gasteiger partial charge in [0.2, 0.25) is 0 Å². The highest BCUT2D eigenvalue weighted by atomic mass is 16.5. The minimum atomic E-state index is -0.624. The average Bonchev–Trinajstić information content (AvgIpc) is 3.06. The summed E-state index contributed by atoms with van der Waals surface area (Å²) in [5.74, 6) is -0.413. The summed E-state index contributed by atoms with van der Waals surface area (Å²) in [6.07, 6.45) is 2.58. The van der Waals surface area contributed by atoms with Crippen LogP contribution >= 0.6 is 0 Å². The molecule has 2 atom stereocenters. The van der Waals surface area contributed by atoms with E-state index in [2.05, 4.69) is 21.6 Å². The molecule has 2 aliphatic heterocycles. The number of esters is 1. The summed E-state index contributed by atoms with van der Waals surface area (Å²) in [6, 6.07) is 17.5. The number of benzene rings is 2. The third-order valence-electron chi connectivity index (χ3n) is 6.27. The van der Waals surface area contributed by atoms with Gasteiger partial charge in [0.05, 0.1) is 23.8 Å². The number of hydrogen-bond acceptors (Lipinski definition) is 4. The first-order valence-corrected chi connectivity index (χ1v) is 10.4. The molecule has 5 heteroatoms. The lowest BCUT2D eigenvalue weighted by atomic mass is 9.81. The minimum Gasteiger partial charge on any atom is -0.463 e. The maximum absolute atomic E-state index is 13.9. The summed E-state index contributed by atoms with van der Waals surface area (Å²) in [6.45, 7) is 2.68. The topological polar surface area (TPSA) is 51.5 Å². The standard InChI is InChI=1S/C25H24N2O3/c1-3-30-25(29)18-13-14-20-23-21(17-11-7-8-12-19(17)26(23)2)24(28)22(18)27(20)15-16-9-5-4-6-10-16/h4-13,20,22H,3,14-15H2,1-2H3/t20-,22?/m0/s1. The van der Waals surface area contributed by atoms with Crippen molar-refractivity contribution in [2.24, 2.45) is 7.05 Å². The van der Waals surface area contributed by atoms with E-state index in [1.807, 2.05) is 55.6 Å². The molecule has 30 heavy (non-hydrogen) atoms. The van der Waals surface area contributed by atoms with Crippen LogP contribution in [-0.2, 0) is 23.1 Å². The number of ether oxygens (including phenoxy) is 1. The second kappa shape index (κ2) is 7.26. The van der Waals surface area contributed by atoms with Crippen LogP contribution in [0.4, 0.5) is 0 Å². The maximum Gasteiger partial charge on any atom is 0.335 e. The van der Waals surface area contributed by atoms with E-state index in [4.69, 9.17) is 4.74 Å². The Balaban J connectivity index is 1.69. The molecule has 3 aromatic rings. The number of aromatic nitrogens is 1. The number of carbonyl (C=O) groups excluding carboxylic acids is 2. The quantitative estimate of drug-likeness (QED) is 0.617. The van der Waals surface area contributed by atoms with Crippen LogP contribution in [0.2, 0.25) is 0 Å². The molecular formula is C25H24N2O3. The van der Waals surface area contributed by atoms with Gasteiger partial charge in [0.25, 0.3) is 0 Å². The Labute approximate surface area is 175 Å². The molecule has 1 unspecified atom stereocenters. The summed E-state index contributed by atoms with van der Waals surface area (Å²) < 4.78 is 7.45. The molecule has 2 aliphatic rings. The molecular weight excluding hydrogens is 376 g/mol. The zero-order valence-corrected chi connectivity index (χ0v) is 17.2. The van der Waals surface area contributed by atoms with Crippen molar-refractivity contribution in [3.63, 3.8) is 0 Å². The minimum absolute atomic E-state index is 0.0204. The summed E-state index contributed by atoms with van der Waals surface area (Å²) in [7, 11) is 2.03. The number of rotatable bonds is 4. The van der Waals surface area contributed by atoms with Crippen LogP contribution in [0.1, 0.15) is 41.0 Å². The fourth-order valence-electron chi connectivity index (χ4n) is 5.01. The Hall–Kier alpha value is -3.18. The molecule has 0 spiro atoms. The number of hydrogen-bond donors (Lipinski definition) is 0. The van der Waals surface area contributed by atoms with E-state index >= 15 is 0 Å². The van der Waals surface area contributed by atoms with E-state index in [1.54, 1.807) is 6.92 Å². The van der Waals surface area contributed by atoms with Gasteiger partial charge < -0.3 is 9.30 Å². The third-order valence-corrected chi connectivity index (χ3v) is 6.27. The molecule has 0 amide bonds. The van der Waals surface area contributed by atoms with Crippen molar-refractivity contribution in [2.75, 3.05) is 6.61 Å². The highest BCUT2D eigenvalue weighted by Gasteiger charge is 2.48. The van der Waals surface area contributed by atoms with Crippen LogP contribution < -0.4 is 0 Å².